The van der Waals surface area contributed by atoms with E-state index in [-0.39, 0.29) is 9.67 Å². The number of nitrogens with zero attached hydrogens (tertiary/aromatic N) is 1. The van der Waals surface area contributed by atoms with E-state index in [1.54, 1.807) is 13.5 Å². The van der Waals surface area contributed by atoms with Crippen LogP contribution in [0.5, 0.6) is 17.2 Å². The molecule has 5 nitrogen and oxygen atoms in total. The fraction of sp³-hybridized carbons (Fsp3) is 0.133. The molecule has 0 fully saturated rings. The van der Waals surface area contributed by atoms with Gasteiger partial charge in [0.05, 0.1) is 18.2 Å². The van der Waals surface area contributed by atoms with E-state index in [0.29, 0.717) is 18.6 Å². The molecule has 0 aliphatic carbocycles. The second-order valence-electron chi connectivity index (χ2n) is 5.23. The topological polar surface area (TPSA) is 70.0 Å². The molecule has 2 unspecified atom stereocenters. The van der Waals surface area contributed by atoms with Crippen molar-refractivity contribution in [1.29, 1.82) is 0 Å². The van der Waals surface area contributed by atoms with Crippen LogP contribution in [-0.2, 0) is 4.79 Å². The summed E-state index contributed by atoms with van der Waals surface area (Å²) in [5.74, 6) is 0.701. The second kappa shape index (κ2) is 11.6. The molecule has 0 heterocycles. The van der Waals surface area contributed by atoms with Gasteiger partial charge in [0.2, 0.25) is 3.55 Å². The number of carboxylic acid groups (broad SMARTS) is 1. The highest BCUT2D eigenvalue weighted by molar-refractivity contribution is 14.2. The first-order valence-electron chi connectivity index (χ1n) is 6.92. The summed E-state index contributed by atoms with van der Waals surface area (Å²) in [7, 11) is 0. The van der Waals surface area contributed by atoms with Crippen molar-refractivity contribution < 1.29 is 19.7 Å². The van der Waals surface area contributed by atoms with Gasteiger partial charge in [-0.1, -0.05) is 22.6 Å². The van der Waals surface area contributed by atoms with Gasteiger partial charge in [0, 0.05) is 45.7 Å². The van der Waals surface area contributed by atoms with Gasteiger partial charge in [-0.2, -0.15) is 1.33 Å². The van der Waals surface area contributed by atoms with Crippen LogP contribution in [0.25, 0.3) is 0 Å². The first kappa shape index (κ1) is 27.6. The molecule has 0 saturated carbocycles. The van der Waals surface area contributed by atoms with E-state index >= 15 is 0 Å². The highest BCUT2D eigenvalue weighted by Gasteiger charge is 2.47. The van der Waals surface area contributed by atoms with E-state index in [9.17, 15) is 15.0 Å². The maximum absolute atomic E-state index is 11.9. The predicted molar refractivity (Wildman–Crippen MR) is 177 cm³/mol. The average Bonchev–Trinajstić information content (AvgIpc) is 2.60. The summed E-state index contributed by atoms with van der Waals surface area (Å²) in [5.41, 5.74) is 0.909. The number of benzene rings is 2. The zero-order valence-corrected chi connectivity index (χ0v) is 30.3. The van der Waals surface area contributed by atoms with Crippen LogP contribution < -0.4 is 4.74 Å². The highest BCUT2D eigenvalue weighted by Crippen LogP contribution is 2.49. The van der Waals surface area contributed by atoms with Gasteiger partial charge in [0.15, 0.2) is 5.75 Å². The van der Waals surface area contributed by atoms with Crippen LogP contribution in [-0.4, -0.2) is 21.1 Å². The van der Waals surface area contributed by atoms with Crippen molar-refractivity contribution in [2.75, 3.05) is 0 Å². The van der Waals surface area contributed by atoms with Crippen molar-refractivity contribution in [1.82, 2.24) is 1.33 Å². The SMILES string of the molecule is O=C(O)C(I)(C(I)c1cc(I)c(Oc2cc(I)c(O)c(I)c2)c(I)c1)N(I)I. The Kier molecular flexibility index (Phi) is 11.4. The third-order valence-electron chi connectivity index (χ3n) is 3.41. The minimum absolute atomic E-state index is 0.246. The molecular weight excluding hydrogens is 1270 g/mol. The maximum atomic E-state index is 11.9. The van der Waals surface area contributed by atoms with E-state index in [1.807, 2.05) is 80.5 Å². The van der Waals surface area contributed by atoms with Crippen molar-refractivity contribution in [3.63, 3.8) is 0 Å². The number of ether oxygens (including phenoxy) is 1. The van der Waals surface area contributed by atoms with E-state index in [2.05, 4.69) is 113 Å². The molecule has 0 spiro atoms. The summed E-state index contributed by atoms with van der Waals surface area (Å²) in [6.45, 7) is 0. The van der Waals surface area contributed by atoms with Crippen LogP contribution in [0.1, 0.15) is 9.49 Å². The summed E-state index contributed by atoms with van der Waals surface area (Å²) >= 11 is 16.7. The third kappa shape index (κ3) is 6.25. The molecule has 152 valence electrons. The first-order valence-corrected chi connectivity index (χ1v) is 15.5. The maximum Gasteiger partial charge on any atom is 0.337 e. The summed E-state index contributed by atoms with van der Waals surface area (Å²) in [6, 6.07) is 7.48. The van der Waals surface area contributed by atoms with Gasteiger partial charge in [0.1, 0.15) is 11.5 Å². The zero-order valence-electron chi connectivity index (χ0n) is 13.1. The summed E-state index contributed by atoms with van der Waals surface area (Å²) in [4.78, 5) is 11.9. The Morgan fingerprint density at radius 2 is 1.46 bits per heavy atom. The number of aliphatic carboxylic acids is 1. The van der Waals surface area contributed by atoms with Crippen molar-refractivity contribution in [2.24, 2.45) is 0 Å². The Labute approximate surface area is 271 Å². The molecular formula is C15H7I8NO4. The lowest BCUT2D eigenvalue weighted by Crippen LogP contribution is -2.43. The Hall–Kier alpha value is 3.31. The molecule has 2 N–H and O–H groups in total. The Bertz CT molecular complexity index is 879. The molecule has 0 bridgehead atoms. The molecule has 2 rings (SSSR count). The second-order valence-corrected chi connectivity index (χ2v) is 16.5. The minimum atomic E-state index is -1.10. The normalized spacial score (nSPS) is 14.6. The molecule has 28 heavy (non-hydrogen) atoms. The number of phenols is 1. The molecule has 0 amide bonds. The fourth-order valence-corrected chi connectivity index (χ4v) is 9.08. The number of hydrogen-bond acceptors (Lipinski definition) is 4. The molecule has 0 radical (unpaired) electrons. The zero-order chi connectivity index (χ0) is 21.4. The van der Waals surface area contributed by atoms with Crippen LogP contribution in [0.15, 0.2) is 24.3 Å². The molecule has 0 aliphatic heterocycles. The molecule has 0 aromatic heterocycles. The number of aromatic hydroxyl groups is 1. The van der Waals surface area contributed by atoms with Gasteiger partial charge in [0.25, 0.3) is 0 Å². The standard InChI is InChI=1S/C15H7I8NO4/c16-7-3-6(4-8(17)11(7)25)28-12-9(18)1-5(2-10(12)19)13(20)15(21,14(26)27)24(22)23/h1-4,13,25H,(H,26,27). The summed E-state index contributed by atoms with van der Waals surface area (Å²) < 4.78 is 9.58. The summed E-state index contributed by atoms with van der Waals surface area (Å²) in [6.07, 6.45) is 0. The monoisotopic (exact) mass is 1280 g/mol. The van der Waals surface area contributed by atoms with E-state index < -0.39 is 9.51 Å². The Morgan fingerprint density at radius 3 is 1.86 bits per heavy atom. The third-order valence-corrected chi connectivity index (χ3v) is 14.4. The summed E-state index contributed by atoms with van der Waals surface area (Å²) in [5, 5.41) is 19.7. The van der Waals surface area contributed by atoms with Crippen LogP contribution >= 0.6 is 181 Å². The van der Waals surface area contributed by atoms with Crippen molar-refractivity contribution in [3.05, 3.63) is 44.1 Å². The molecule has 0 aliphatic rings. The van der Waals surface area contributed by atoms with Gasteiger partial charge in [-0.15, -0.1) is 0 Å². The van der Waals surface area contributed by atoms with E-state index in [0.717, 1.165) is 12.7 Å². The van der Waals surface area contributed by atoms with Gasteiger partial charge in [-0.3, -0.25) is 0 Å². The van der Waals surface area contributed by atoms with Gasteiger partial charge in [-0.25, -0.2) is 4.79 Å². The van der Waals surface area contributed by atoms with Crippen LogP contribution in [0.2, 0.25) is 0 Å². The molecule has 2 aromatic rings. The van der Waals surface area contributed by atoms with Gasteiger partial charge < -0.3 is 14.9 Å². The van der Waals surface area contributed by atoms with Crippen LogP contribution in [0.4, 0.5) is 0 Å². The van der Waals surface area contributed by atoms with Gasteiger partial charge in [-0.05, 0) is 143 Å². The highest BCUT2D eigenvalue weighted by atomic mass is 127. The van der Waals surface area contributed by atoms with Crippen LogP contribution in [0.3, 0.4) is 0 Å². The van der Waals surface area contributed by atoms with Crippen molar-refractivity contribution >= 4 is 187 Å². The first-order chi connectivity index (χ1) is 12.9. The lowest BCUT2D eigenvalue weighted by molar-refractivity contribution is -0.140. The lowest BCUT2D eigenvalue weighted by Gasteiger charge is -2.32. The van der Waals surface area contributed by atoms with Gasteiger partial charge >= 0.3 is 5.97 Å². The average molecular weight is 1280 g/mol. The number of phenolic OH excluding ortho intramolecular Hbond substituents is 1. The Morgan fingerprint density at radius 1 is 1.00 bits per heavy atom. The Balaban J connectivity index is 2.44. The smallest absolute Gasteiger partial charge is 0.337 e. The number of alkyl halides is 2. The predicted octanol–water partition coefficient (Wildman–Crippen LogP) is 8.30. The molecule has 2 atom stereocenters. The van der Waals surface area contributed by atoms with Crippen molar-refractivity contribution in [2.45, 2.75) is 7.47 Å². The quantitative estimate of drug-likeness (QED) is 0.132. The van der Waals surface area contributed by atoms with Crippen LogP contribution in [0, 0.1) is 14.3 Å². The number of carbonyl (C=O) groups is 1. The number of hydrogen-bond donors (Lipinski definition) is 2. The lowest BCUT2D eigenvalue weighted by atomic mass is 10.1. The largest absolute Gasteiger partial charge is 0.506 e. The van der Waals surface area contributed by atoms with E-state index in [1.165, 1.54) is 0 Å². The molecule has 0 saturated heterocycles. The number of carboxylic acids is 1. The molecule has 2 aromatic carbocycles. The van der Waals surface area contributed by atoms with Crippen molar-refractivity contribution in [3.8, 4) is 17.2 Å². The number of halogens is 8. The molecule has 13 heteroatoms. The minimum Gasteiger partial charge on any atom is -0.506 e. The fourth-order valence-electron chi connectivity index (χ4n) is 2.03. The number of rotatable bonds is 6. The van der Waals surface area contributed by atoms with E-state index in [4.69, 9.17) is 4.74 Å².